The maximum Gasteiger partial charge on any atom is 0.192 e. The van der Waals surface area contributed by atoms with Crippen molar-refractivity contribution < 1.29 is 13.2 Å². The molecule has 1 aromatic rings. The second-order valence-electron chi connectivity index (χ2n) is 5.87. The zero-order valence-electron chi connectivity index (χ0n) is 11.4. The van der Waals surface area contributed by atoms with Crippen molar-refractivity contribution >= 4 is 24.2 Å². The van der Waals surface area contributed by atoms with Crippen LogP contribution < -0.4 is 0 Å². The van der Waals surface area contributed by atoms with Crippen LogP contribution in [0.25, 0.3) is 0 Å². The Hall–Kier alpha value is -0.263. The molecule has 5 heteroatoms. The van der Waals surface area contributed by atoms with Crippen LogP contribution in [0.4, 0.5) is 8.78 Å². The minimum atomic E-state index is -1.96. The topological polar surface area (TPSA) is 9.23 Å². The Morgan fingerprint density at radius 3 is 2.28 bits per heavy atom. The van der Waals surface area contributed by atoms with Gasteiger partial charge in [0, 0.05) is 10.0 Å². The molecular formula is C13H19BrF2OSi. The molecule has 0 aliphatic heterocycles. The Bertz CT molecular complexity index is 441. The van der Waals surface area contributed by atoms with E-state index in [1.165, 1.54) is 6.07 Å². The SMILES string of the molecule is CC(C)(C)[Si](C)(C)OCc1c(Br)ccc(F)c1F. The van der Waals surface area contributed by atoms with Crippen LogP contribution >= 0.6 is 15.9 Å². The highest BCUT2D eigenvalue weighted by Crippen LogP contribution is 2.37. The summed E-state index contributed by atoms with van der Waals surface area (Å²) in [5.74, 6) is -1.67. The number of halogens is 3. The van der Waals surface area contributed by atoms with Crippen molar-refractivity contribution in [2.24, 2.45) is 0 Å². The minimum absolute atomic E-state index is 0.0449. The lowest BCUT2D eigenvalue weighted by Gasteiger charge is -2.36. The normalized spacial score (nSPS) is 12.9. The molecule has 0 N–H and O–H groups in total. The minimum Gasteiger partial charge on any atom is -0.412 e. The maximum absolute atomic E-state index is 13.7. The summed E-state index contributed by atoms with van der Waals surface area (Å²) < 4.78 is 33.3. The van der Waals surface area contributed by atoms with Gasteiger partial charge in [0.1, 0.15) is 0 Å². The first kappa shape index (κ1) is 15.8. The predicted octanol–water partition coefficient (Wildman–Crippen LogP) is 5.25. The molecule has 0 saturated carbocycles. The second kappa shape index (κ2) is 5.39. The van der Waals surface area contributed by atoms with Gasteiger partial charge < -0.3 is 4.43 Å². The van der Waals surface area contributed by atoms with E-state index in [9.17, 15) is 8.78 Å². The van der Waals surface area contributed by atoms with Crippen molar-refractivity contribution in [3.63, 3.8) is 0 Å². The molecular weight excluding hydrogens is 318 g/mol. The highest BCUT2D eigenvalue weighted by atomic mass is 79.9. The van der Waals surface area contributed by atoms with Crippen LogP contribution in [0.15, 0.2) is 16.6 Å². The fourth-order valence-corrected chi connectivity index (χ4v) is 2.53. The van der Waals surface area contributed by atoms with Crippen LogP contribution in [0.2, 0.25) is 18.1 Å². The lowest BCUT2D eigenvalue weighted by molar-refractivity contribution is 0.268. The van der Waals surface area contributed by atoms with Gasteiger partial charge >= 0.3 is 0 Å². The molecule has 1 rings (SSSR count). The summed E-state index contributed by atoms with van der Waals surface area (Å²) in [6, 6.07) is 2.61. The Balaban J connectivity index is 2.91. The van der Waals surface area contributed by atoms with Crippen LogP contribution in [-0.4, -0.2) is 8.32 Å². The number of hydrogen-bond acceptors (Lipinski definition) is 1. The predicted molar refractivity (Wildman–Crippen MR) is 76.0 cm³/mol. The third kappa shape index (κ3) is 3.39. The summed E-state index contributed by atoms with van der Waals surface area (Å²) in [7, 11) is -1.96. The van der Waals surface area contributed by atoms with E-state index in [0.29, 0.717) is 4.47 Å². The van der Waals surface area contributed by atoms with Gasteiger partial charge in [-0.25, -0.2) is 8.78 Å². The van der Waals surface area contributed by atoms with E-state index >= 15 is 0 Å². The molecule has 0 spiro atoms. The van der Waals surface area contributed by atoms with Gasteiger partial charge in [-0.2, -0.15) is 0 Å². The fourth-order valence-electron chi connectivity index (χ4n) is 1.17. The fraction of sp³-hybridized carbons (Fsp3) is 0.538. The first-order valence-electron chi connectivity index (χ1n) is 5.82. The van der Waals surface area contributed by atoms with E-state index in [1.807, 2.05) is 0 Å². The summed E-state index contributed by atoms with van der Waals surface area (Å²) in [5, 5.41) is 0.0449. The lowest BCUT2D eigenvalue weighted by Crippen LogP contribution is -2.40. The van der Waals surface area contributed by atoms with Gasteiger partial charge in [-0.05, 0) is 30.3 Å². The van der Waals surface area contributed by atoms with Crippen LogP contribution in [0.5, 0.6) is 0 Å². The molecule has 0 aliphatic rings. The standard InChI is InChI=1S/C13H19BrF2OSi/c1-13(2,3)18(4,5)17-8-9-10(14)6-7-11(15)12(9)16/h6-7H,8H2,1-5H3. The van der Waals surface area contributed by atoms with Crippen molar-refractivity contribution in [1.82, 2.24) is 0 Å². The van der Waals surface area contributed by atoms with Crippen molar-refractivity contribution in [1.29, 1.82) is 0 Å². The van der Waals surface area contributed by atoms with Crippen LogP contribution in [-0.2, 0) is 11.0 Å². The van der Waals surface area contributed by atoms with Gasteiger partial charge in [0.2, 0.25) is 0 Å². The zero-order valence-corrected chi connectivity index (χ0v) is 14.0. The Morgan fingerprint density at radius 1 is 1.22 bits per heavy atom. The average Bonchev–Trinajstić information content (AvgIpc) is 2.22. The highest BCUT2D eigenvalue weighted by Gasteiger charge is 2.37. The summed E-state index contributed by atoms with van der Waals surface area (Å²) >= 11 is 3.23. The first-order valence-corrected chi connectivity index (χ1v) is 9.53. The summed E-state index contributed by atoms with van der Waals surface area (Å²) in [6.07, 6.45) is 0. The summed E-state index contributed by atoms with van der Waals surface area (Å²) in [6.45, 7) is 10.6. The molecule has 0 heterocycles. The molecule has 0 unspecified atom stereocenters. The van der Waals surface area contributed by atoms with E-state index in [1.54, 1.807) is 0 Å². The van der Waals surface area contributed by atoms with Crippen LogP contribution in [0, 0.1) is 11.6 Å². The van der Waals surface area contributed by atoms with Crippen molar-refractivity contribution in [3.05, 3.63) is 33.8 Å². The van der Waals surface area contributed by atoms with Gasteiger partial charge in [-0.3, -0.25) is 0 Å². The van der Waals surface area contributed by atoms with Gasteiger partial charge in [-0.1, -0.05) is 36.7 Å². The Morgan fingerprint density at radius 2 is 1.78 bits per heavy atom. The molecule has 0 aromatic heterocycles. The van der Waals surface area contributed by atoms with Gasteiger partial charge in [0.15, 0.2) is 20.0 Å². The molecule has 1 aromatic carbocycles. The Kier molecular flexibility index (Phi) is 4.73. The van der Waals surface area contributed by atoms with E-state index in [0.717, 1.165) is 6.07 Å². The highest BCUT2D eigenvalue weighted by molar-refractivity contribution is 9.10. The molecule has 0 aliphatic carbocycles. The largest absolute Gasteiger partial charge is 0.412 e. The third-order valence-corrected chi connectivity index (χ3v) is 8.74. The third-order valence-electron chi connectivity index (χ3n) is 3.52. The van der Waals surface area contributed by atoms with Gasteiger partial charge in [0.05, 0.1) is 6.61 Å². The molecule has 18 heavy (non-hydrogen) atoms. The number of rotatable bonds is 3. The second-order valence-corrected chi connectivity index (χ2v) is 11.5. The van der Waals surface area contributed by atoms with Crippen molar-refractivity contribution in [2.45, 2.75) is 45.5 Å². The Labute approximate surface area is 117 Å². The van der Waals surface area contributed by atoms with Gasteiger partial charge in [0.25, 0.3) is 0 Å². The number of hydrogen-bond donors (Lipinski definition) is 0. The van der Waals surface area contributed by atoms with Crippen molar-refractivity contribution in [2.75, 3.05) is 0 Å². The monoisotopic (exact) mass is 336 g/mol. The summed E-state index contributed by atoms with van der Waals surface area (Å²) in [5.41, 5.74) is 0.250. The molecule has 1 nitrogen and oxygen atoms in total. The lowest BCUT2D eigenvalue weighted by atomic mass is 10.2. The van der Waals surface area contributed by atoms with E-state index in [2.05, 4.69) is 49.8 Å². The van der Waals surface area contributed by atoms with Crippen LogP contribution in [0.1, 0.15) is 26.3 Å². The number of benzene rings is 1. The molecule has 0 saturated heterocycles. The van der Waals surface area contributed by atoms with Gasteiger partial charge in [-0.15, -0.1) is 0 Å². The smallest absolute Gasteiger partial charge is 0.192 e. The first-order chi connectivity index (χ1) is 8.06. The quantitative estimate of drug-likeness (QED) is 0.541. The van der Waals surface area contributed by atoms with Crippen molar-refractivity contribution in [3.8, 4) is 0 Å². The van der Waals surface area contributed by atoms with Crippen LogP contribution in [0.3, 0.4) is 0 Å². The molecule has 0 radical (unpaired) electrons. The molecule has 0 atom stereocenters. The molecule has 0 bridgehead atoms. The molecule has 0 amide bonds. The molecule has 0 fully saturated rings. The van der Waals surface area contributed by atoms with E-state index < -0.39 is 20.0 Å². The van der Waals surface area contributed by atoms with E-state index in [-0.39, 0.29) is 17.2 Å². The average molecular weight is 337 g/mol. The van der Waals surface area contributed by atoms with E-state index in [4.69, 9.17) is 4.43 Å². The molecule has 102 valence electrons. The zero-order chi connectivity index (χ0) is 14.1. The maximum atomic E-state index is 13.7. The summed E-state index contributed by atoms with van der Waals surface area (Å²) in [4.78, 5) is 0.